The summed E-state index contributed by atoms with van der Waals surface area (Å²) >= 11 is 6.47. The number of rotatable bonds is 8. The van der Waals surface area contributed by atoms with E-state index >= 15 is 0 Å². The van der Waals surface area contributed by atoms with Crippen LogP contribution in [-0.4, -0.2) is 64.8 Å². The third-order valence-electron chi connectivity index (χ3n) is 6.07. The maximum absolute atomic E-state index is 11.8. The Morgan fingerprint density at radius 3 is 3.00 bits per heavy atom. The van der Waals surface area contributed by atoms with E-state index < -0.39 is 0 Å². The quantitative estimate of drug-likeness (QED) is 0.468. The molecule has 0 aliphatic carbocycles. The van der Waals surface area contributed by atoms with Crippen molar-refractivity contribution >= 4 is 40.0 Å². The van der Waals surface area contributed by atoms with E-state index in [1.54, 1.807) is 17.0 Å². The summed E-state index contributed by atoms with van der Waals surface area (Å²) in [7, 11) is 0. The van der Waals surface area contributed by atoms with Gasteiger partial charge in [0.2, 0.25) is 11.8 Å². The molecule has 2 fully saturated rings. The van der Waals surface area contributed by atoms with Gasteiger partial charge in [-0.2, -0.15) is 0 Å². The van der Waals surface area contributed by atoms with Crippen LogP contribution < -0.4 is 14.8 Å². The molecular weight excluding hydrogens is 470 g/mol. The van der Waals surface area contributed by atoms with Crippen molar-refractivity contribution < 1.29 is 19.0 Å². The second kappa shape index (κ2) is 10.5. The molecular formula is C25H26ClN5O4. The first-order valence-electron chi connectivity index (χ1n) is 11.6. The highest BCUT2D eigenvalue weighted by molar-refractivity contribution is 6.32. The number of ether oxygens (including phenoxy) is 3. The Labute approximate surface area is 208 Å². The largest absolute Gasteiger partial charge is 0.492 e. The average Bonchev–Trinajstić information content (AvgIpc) is 3.56. The van der Waals surface area contributed by atoms with Crippen molar-refractivity contribution in [1.29, 1.82) is 0 Å². The van der Waals surface area contributed by atoms with Crippen molar-refractivity contribution in [1.82, 2.24) is 19.9 Å². The van der Waals surface area contributed by atoms with Gasteiger partial charge in [0.25, 0.3) is 0 Å². The molecule has 0 unspecified atom stereocenters. The van der Waals surface area contributed by atoms with Gasteiger partial charge >= 0.3 is 0 Å². The molecule has 0 bridgehead atoms. The second-order valence-corrected chi connectivity index (χ2v) is 8.97. The van der Waals surface area contributed by atoms with Gasteiger partial charge in [0.1, 0.15) is 23.7 Å². The number of nitrogens with one attached hydrogen (secondary N) is 1. The van der Waals surface area contributed by atoms with Crippen LogP contribution in [0.4, 0.5) is 11.5 Å². The van der Waals surface area contributed by atoms with Crippen LogP contribution in [0.5, 0.6) is 11.6 Å². The van der Waals surface area contributed by atoms with E-state index in [4.69, 9.17) is 25.8 Å². The number of pyridine rings is 1. The van der Waals surface area contributed by atoms with Crippen LogP contribution in [0.3, 0.4) is 0 Å². The third kappa shape index (κ3) is 5.47. The minimum Gasteiger partial charge on any atom is -0.492 e. The molecule has 182 valence electrons. The molecule has 10 heteroatoms. The van der Waals surface area contributed by atoms with E-state index in [9.17, 15) is 4.79 Å². The van der Waals surface area contributed by atoms with Crippen molar-refractivity contribution in [3.8, 4) is 11.6 Å². The van der Waals surface area contributed by atoms with Gasteiger partial charge in [0.05, 0.1) is 30.3 Å². The maximum atomic E-state index is 11.8. The van der Waals surface area contributed by atoms with Crippen LogP contribution in [0.15, 0.2) is 49.3 Å². The van der Waals surface area contributed by atoms with Gasteiger partial charge in [-0.15, -0.1) is 0 Å². The summed E-state index contributed by atoms with van der Waals surface area (Å²) in [5.41, 5.74) is 1.99. The van der Waals surface area contributed by atoms with E-state index in [1.807, 2.05) is 18.2 Å². The topological polar surface area (TPSA) is 98.7 Å². The highest BCUT2D eigenvalue weighted by atomic mass is 35.5. The molecule has 2 aliphatic heterocycles. The van der Waals surface area contributed by atoms with Crippen molar-refractivity contribution in [3.63, 3.8) is 0 Å². The predicted octanol–water partition coefficient (Wildman–Crippen LogP) is 4.00. The Morgan fingerprint density at radius 1 is 1.29 bits per heavy atom. The zero-order valence-electron chi connectivity index (χ0n) is 19.2. The van der Waals surface area contributed by atoms with E-state index in [2.05, 4.69) is 26.8 Å². The van der Waals surface area contributed by atoms with E-state index in [1.165, 1.54) is 12.4 Å². The van der Waals surface area contributed by atoms with Gasteiger partial charge in [-0.25, -0.2) is 15.0 Å². The lowest BCUT2D eigenvalue weighted by atomic mass is 10.1. The van der Waals surface area contributed by atoms with E-state index in [0.717, 1.165) is 31.7 Å². The molecule has 9 nitrogen and oxygen atoms in total. The van der Waals surface area contributed by atoms with Crippen LogP contribution in [0.1, 0.15) is 12.8 Å². The average molecular weight is 496 g/mol. The number of amides is 1. The summed E-state index contributed by atoms with van der Waals surface area (Å²) in [5.74, 6) is 1.92. The molecule has 1 N–H and O–H groups in total. The Balaban J connectivity index is 1.29. The van der Waals surface area contributed by atoms with Crippen molar-refractivity contribution in [2.24, 2.45) is 5.92 Å². The van der Waals surface area contributed by atoms with Crippen LogP contribution in [0, 0.1) is 5.92 Å². The van der Waals surface area contributed by atoms with E-state index in [0.29, 0.717) is 59.1 Å². The summed E-state index contributed by atoms with van der Waals surface area (Å²) in [4.78, 5) is 26.9. The lowest BCUT2D eigenvalue weighted by molar-refractivity contribution is -0.125. The van der Waals surface area contributed by atoms with Crippen LogP contribution in [-0.2, 0) is 9.53 Å². The van der Waals surface area contributed by atoms with E-state index in [-0.39, 0.29) is 12.0 Å². The normalized spacial score (nSPS) is 19.6. The first-order chi connectivity index (χ1) is 17.1. The standard InChI is InChI=1S/C25H26ClN5O4/c1-2-23(32)31-9-7-18(12-31)35-22-6-4-20-24(30-22)25(28-15-27-20)29-17-3-5-21(19(26)11-17)34-14-16-8-10-33-13-16/h2-6,11,15-16,18H,1,7-10,12-14H2,(H,27,28,29)/t16-,18+/m1/s1. The predicted molar refractivity (Wildman–Crippen MR) is 132 cm³/mol. The van der Waals surface area contributed by atoms with Crippen LogP contribution >= 0.6 is 11.6 Å². The zero-order chi connectivity index (χ0) is 24.2. The number of carbonyl (C=O) groups excluding carboxylic acids is 1. The lowest BCUT2D eigenvalue weighted by Gasteiger charge is -2.16. The van der Waals surface area contributed by atoms with Crippen LogP contribution in [0.25, 0.3) is 11.0 Å². The Morgan fingerprint density at radius 2 is 2.20 bits per heavy atom. The fourth-order valence-corrected chi connectivity index (χ4v) is 4.39. The van der Waals surface area contributed by atoms with Crippen molar-refractivity contribution in [2.45, 2.75) is 18.9 Å². The number of likely N-dealkylation sites (tertiary alicyclic amines) is 1. The second-order valence-electron chi connectivity index (χ2n) is 8.57. The number of benzene rings is 1. The minimum absolute atomic E-state index is 0.0925. The number of anilines is 2. The molecule has 0 radical (unpaired) electrons. The monoisotopic (exact) mass is 495 g/mol. The fourth-order valence-electron chi connectivity index (χ4n) is 4.16. The smallest absolute Gasteiger partial charge is 0.246 e. The van der Waals surface area contributed by atoms with Gasteiger partial charge < -0.3 is 24.4 Å². The first-order valence-corrected chi connectivity index (χ1v) is 11.9. The Bertz CT molecular complexity index is 1230. The molecule has 0 saturated carbocycles. The molecule has 3 aromatic rings. The fraction of sp³-hybridized carbons (Fsp3) is 0.360. The summed E-state index contributed by atoms with van der Waals surface area (Å²) in [6.45, 7) is 6.77. The van der Waals surface area contributed by atoms with Gasteiger partial charge in [-0.1, -0.05) is 18.2 Å². The molecule has 35 heavy (non-hydrogen) atoms. The molecule has 2 aromatic heterocycles. The summed E-state index contributed by atoms with van der Waals surface area (Å²) in [6.07, 6.45) is 4.40. The zero-order valence-corrected chi connectivity index (χ0v) is 19.9. The molecule has 2 aliphatic rings. The number of nitrogens with zero attached hydrogens (tertiary/aromatic N) is 4. The maximum Gasteiger partial charge on any atom is 0.246 e. The Kier molecular flexibility index (Phi) is 6.96. The number of hydrogen-bond acceptors (Lipinski definition) is 8. The summed E-state index contributed by atoms with van der Waals surface area (Å²) in [5, 5.41) is 3.77. The van der Waals surface area contributed by atoms with Gasteiger partial charge in [-0.3, -0.25) is 4.79 Å². The molecule has 0 spiro atoms. The molecule has 1 amide bonds. The molecule has 2 atom stereocenters. The Hall–Kier alpha value is -3.43. The first kappa shape index (κ1) is 23.3. The minimum atomic E-state index is -0.132. The molecule has 1 aromatic carbocycles. The highest BCUT2D eigenvalue weighted by Crippen LogP contribution is 2.31. The molecule has 5 rings (SSSR count). The highest BCUT2D eigenvalue weighted by Gasteiger charge is 2.26. The van der Waals surface area contributed by atoms with Crippen molar-refractivity contribution in [2.75, 3.05) is 38.2 Å². The van der Waals surface area contributed by atoms with Gasteiger partial charge in [-0.05, 0) is 36.8 Å². The third-order valence-corrected chi connectivity index (χ3v) is 6.36. The number of hydrogen-bond donors (Lipinski definition) is 1. The summed E-state index contributed by atoms with van der Waals surface area (Å²) < 4.78 is 17.3. The molecule has 2 saturated heterocycles. The van der Waals surface area contributed by atoms with Crippen molar-refractivity contribution in [3.05, 3.63) is 54.3 Å². The van der Waals surface area contributed by atoms with Gasteiger partial charge in [0, 0.05) is 37.2 Å². The number of carbonyl (C=O) groups is 1. The summed E-state index contributed by atoms with van der Waals surface area (Å²) in [6, 6.07) is 9.12. The lowest BCUT2D eigenvalue weighted by Crippen LogP contribution is -2.29. The SMILES string of the molecule is C=CC(=O)N1CC[C@H](Oc2ccc3ncnc(Nc4ccc(OC[C@@H]5CCOC5)c(Cl)c4)c3n2)C1. The van der Waals surface area contributed by atoms with Crippen LogP contribution in [0.2, 0.25) is 5.02 Å². The number of halogens is 1. The number of aromatic nitrogens is 3. The molecule has 4 heterocycles. The number of fused-ring (bicyclic) bond motifs is 1. The van der Waals surface area contributed by atoms with Gasteiger partial charge in [0.15, 0.2) is 5.82 Å².